The van der Waals surface area contributed by atoms with Crippen molar-refractivity contribution in [2.45, 2.75) is 13.0 Å². The summed E-state index contributed by atoms with van der Waals surface area (Å²) in [6, 6.07) is 5.54. The van der Waals surface area contributed by atoms with Crippen molar-refractivity contribution < 1.29 is 9.53 Å². The highest BCUT2D eigenvalue weighted by Crippen LogP contribution is 2.34. The van der Waals surface area contributed by atoms with Crippen molar-refractivity contribution in [3.63, 3.8) is 0 Å². The fraction of sp³-hybridized carbons (Fsp3) is 0.300. The van der Waals surface area contributed by atoms with E-state index in [1.165, 1.54) is 0 Å². The second kappa shape index (κ2) is 3.21. The van der Waals surface area contributed by atoms with Gasteiger partial charge < -0.3 is 15.4 Å². The van der Waals surface area contributed by atoms with Crippen molar-refractivity contribution in [2.24, 2.45) is 0 Å². The van der Waals surface area contributed by atoms with Crippen LogP contribution in [-0.2, 0) is 0 Å². The highest BCUT2D eigenvalue weighted by molar-refractivity contribution is 5.94. The Hall–Kier alpha value is -1.71. The summed E-state index contributed by atoms with van der Waals surface area (Å²) in [5, 5.41) is 5.52. The number of benzene rings is 1. The first-order valence-corrected chi connectivity index (χ1v) is 4.47. The van der Waals surface area contributed by atoms with Gasteiger partial charge >= 0.3 is 6.03 Å². The molecule has 1 aromatic carbocycles. The van der Waals surface area contributed by atoms with Crippen LogP contribution in [0.5, 0.6) is 5.75 Å². The molecule has 14 heavy (non-hydrogen) atoms. The number of nitrogens with one attached hydrogen (secondary N) is 2. The number of urea groups is 1. The van der Waals surface area contributed by atoms with E-state index in [1.54, 1.807) is 7.11 Å². The molecule has 0 saturated carbocycles. The summed E-state index contributed by atoms with van der Waals surface area (Å²) in [6.07, 6.45) is 0. The van der Waals surface area contributed by atoms with Gasteiger partial charge in [-0.1, -0.05) is 12.1 Å². The first-order chi connectivity index (χ1) is 6.72. The van der Waals surface area contributed by atoms with Crippen molar-refractivity contribution in [3.05, 3.63) is 23.8 Å². The minimum absolute atomic E-state index is 0.0221. The van der Waals surface area contributed by atoms with Gasteiger partial charge in [-0.15, -0.1) is 0 Å². The smallest absolute Gasteiger partial charge is 0.319 e. The summed E-state index contributed by atoms with van der Waals surface area (Å²) in [5.74, 6) is 0.698. The van der Waals surface area contributed by atoms with Crippen molar-refractivity contribution in [2.75, 3.05) is 12.4 Å². The molecule has 0 bridgehead atoms. The number of carbonyl (C=O) groups is 1. The van der Waals surface area contributed by atoms with E-state index >= 15 is 0 Å². The number of amides is 2. The van der Waals surface area contributed by atoms with Crippen LogP contribution in [0.4, 0.5) is 10.5 Å². The maximum Gasteiger partial charge on any atom is 0.319 e. The summed E-state index contributed by atoms with van der Waals surface area (Å²) < 4.78 is 5.17. The number of rotatable bonds is 1. The van der Waals surface area contributed by atoms with Gasteiger partial charge in [-0.3, -0.25) is 0 Å². The fourth-order valence-electron chi connectivity index (χ4n) is 1.64. The summed E-state index contributed by atoms with van der Waals surface area (Å²) in [5.41, 5.74) is 1.82. The average molecular weight is 192 g/mol. The van der Waals surface area contributed by atoms with E-state index in [9.17, 15) is 4.79 Å². The van der Waals surface area contributed by atoms with E-state index in [1.807, 2.05) is 25.1 Å². The molecule has 1 aliphatic heterocycles. The van der Waals surface area contributed by atoms with Crippen LogP contribution < -0.4 is 15.4 Å². The monoisotopic (exact) mass is 192 g/mol. The second-order valence-corrected chi connectivity index (χ2v) is 3.24. The van der Waals surface area contributed by atoms with Gasteiger partial charge in [0.15, 0.2) is 0 Å². The minimum Gasteiger partial charge on any atom is -0.495 e. The lowest BCUT2D eigenvalue weighted by Gasteiger charge is -2.25. The molecule has 1 heterocycles. The van der Waals surface area contributed by atoms with Crippen LogP contribution in [0.25, 0.3) is 0 Å². The molecule has 4 nitrogen and oxygen atoms in total. The molecular weight excluding hydrogens is 180 g/mol. The molecule has 0 spiro atoms. The van der Waals surface area contributed by atoms with E-state index in [4.69, 9.17) is 4.74 Å². The first-order valence-electron chi connectivity index (χ1n) is 4.47. The Balaban J connectivity index is 2.52. The Kier molecular flexibility index (Phi) is 2.04. The number of methoxy groups -OCH3 is 1. The highest BCUT2D eigenvalue weighted by atomic mass is 16.5. The van der Waals surface area contributed by atoms with Gasteiger partial charge in [-0.05, 0) is 13.0 Å². The van der Waals surface area contributed by atoms with Crippen molar-refractivity contribution in [1.82, 2.24) is 5.32 Å². The Labute approximate surface area is 82.3 Å². The molecule has 2 N–H and O–H groups in total. The Morgan fingerprint density at radius 1 is 1.43 bits per heavy atom. The van der Waals surface area contributed by atoms with E-state index in [0.29, 0.717) is 5.75 Å². The molecule has 4 heteroatoms. The topological polar surface area (TPSA) is 50.4 Å². The van der Waals surface area contributed by atoms with Crippen LogP contribution in [0.3, 0.4) is 0 Å². The molecule has 2 amide bonds. The van der Waals surface area contributed by atoms with Gasteiger partial charge in [0.1, 0.15) is 5.75 Å². The standard InChI is InChI=1S/C10H12N2O2/c1-6-7-4-3-5-8(14-2)9(7)12-10(13)11-6/h3-6H,1-2H3,(H2,11,12,13). The summed E-state index contributed by atoms with van der Waals surface area (Å²) in [7, 11) is 1.59. The second-order valence-electron chi connectivity index (χ2n) is 3.24. The Morgan fingerprint density at radius 2 is 2.21 bits per heavy atom. The fourth-order valence-corrected chi connectivity index (χ4v) is 1.64. The third-order valence-corrected chi connectivity index (χ3v) is 2.33. The number of hydrogen-bond acceptors (Lipinski definition) is 2. The Morgan fingerprint density at radius 3 is 2.93 bits per heavy atom. The number of hydrogen-bond donors (Lipinski definition) is 2. The molecule has 0 saturated heterocycles. The van der Waals surface area contributed by atoms with Gasteiger partial charge in [-0.25, -0.2) is 4.79 Å². The molecule has 74 valence electrons. The van der Waals surface area contributed by atoms with Crippen LogP contribution in [0.1, 0.15) is 18.5 Å². The van der Waals surface area contributed by atoms with Gasteiger partial charge in [0, 0.05) is 5.56 Å². The van der Waals surface area contributed by atoms with Crippen LogP contribution in [0.15, 0.2) is 18.2 Å². The van der Waals surface area contributed by atoms with Crippen molar-refractivity contribution >= 4 is 11.7 Å². The Bertz CT molecular complexity index is 376. The molecular formula is C10H12N2O2. The zero-order chi connectivity index (χ0) is 10.1. The minimum atomic E-state index is -0.186. The van der Waals surface area contributed by atoms with Gasteiger partial charge in [0.25, 0.3) is 0 Å². The van der Waals surface area contributed by atoms with Crippen molar-refractivity contribution in [1.29, 1.82) is 0 Å². The van der Waals surface area contributed by atoms with Crippen LogP contribution in [-0.4, -0.2) is 13.1 Å². The molecule has 0 radical (unpaired) electrons. The average Bonchev–Trinajstić information content (AvgIpc) is 2.17. The molecule has 1 unspecified atom stereocenters. The number of para-hydroxylation sites is 1. The number of fused-ring (bicyclic) bond motifs is 1. The summed E-state index contributed by atoms with van der Waals surface area (Å²) >= 11 is 0. The summed E-state index contributed by atoms with van der Waals surface area (Å²) in [6.45, 7) is 1.94. The molecule has 1 aromatic rings. The number of carbonyl (C=O) groups excluding carboxylic acids is 1. The van der Waals surface area contributed by atoms with Crippen molar-refractivity contribution in [3.8, 4) is 5.75 Å². The van der Waals surface area contributed by atoms with Crippen LogP contribution in [0, 0.1) is 0 Å². The molecule has 1 aliphatic rings. The number of ether oxygens (including phenoxy) is 1. The van der Waals surface area contributed by atoms with Crippen LogP contribution >= 0.6 is 0 Å². The predicted molar refractivity (Wildman–Crippen MR) is 53.6 cm³/mol. The molecule has 0 aromatic heterocycles. The molecule has 2 rings (SSSR count). The largest absolute Gasteiger partial charge is 0.495 e. The lowest BCUT2D eigenvalue weighted by Crippen LogP contribution is -2.36. The van der Waals surface area contributed by atoms with Crippen LogP contribution in [0.2, 0.25) is 0 Å². The van der Waals surface area contributed by atoms with E-state index in [-0.39, 0.29) is 12.1 Å². The SMILES string of the molecule is COc1cccc2c1NC(=O)NC2C. The third-order valence-electron chi connectivity index (χ3n) is 2.33. The normalized spacial score (nSPS) is 19.3. The first kappa shape index (κ1) is 8.87. The lowest BCUT2D eigenvalue weighted by atomic mass is 10.0. The molecule has 1 atom stereocenters. The zero-order valence-corrected chi connectivity index (χ0v) is 8.13. The van der Waals surface area contributed by atoms with E-state index in [2.05, 4.69) is 10.6 Å². The van der Waals surface area contributed by atoms with Gasteiger partial charge in [0.2, 0.25) is 0 Å². The zero-order valence-electron chi connectivity index (χ0n) is 8.13. The molecule has 0 fully saturated rings. The van der Waals surface area contributed by atoms with Gasteiger partial charge in [0.05, 0.1) is 18.8 Å². The maximum atomic E-state index is 11.2. The highest BCUT2D eigenvalue weighted by Gasteiger charge is 2.22. The van der Waals surface area contributed by atoms with Gasteiger partial charge in [-0.2, -0.15) is 0 Å². The predicted octanol–water partition coefficient (Wildman–Crippen LogP) is 1.89. The molecule has 0 aliphatic carbocycles. The summed E-state index contributed by atoms with van der Waals surface area (Å²) in [4.78, 5) is 11.2. The lowest BCUT2D eigenvalue weighted by molar-refractivity contribution is 0.248. The number of anilines is 1. The quantitative estimate of drug-likeness (QED) is 0.713. The third kappa shape index (κ3) is 1.28. The van der Waals surface area contributed by atoms with E-state index < -0.39 is 0 Å². The maximum absolute atomic E-state index is 11.2. The van der Waals surface area contributed by atoms with E-state index in [0.717, 1.165) is 11.3 Å².